The quantitative estimate of drug-likeness (QED) is 0.754. The third-order valence-electron chi connectivity index (χ3n) is 4.00. The van der Waals surface area contributed by atoms with Gasteiger partial charge in [-0.1, -0.05) is 26.7 Å². The average molecular weight is 226 g/mol. The normalized spacial score (nSPS) is 30.9. The molecule has 1 rings (SSSR count). The lowest BCUT2D eigenvalue weighted by Crippen LogP contribution is -2.42. The van der Waals surface area contributed by atoms with Gasteiger partial charge in [0.25, 0.3) is 0 Å². The predicted octanol–water partition coefficient (Wildman–Crippen LogP) is 2.87. The summed E-state index contributed by atoms with van der Waals surface area (Å²) in [5.41, 5.74) is 6.26. The highest BCUT2D eigenvalue weighted by molar-refractivity contribution is 4.84. The average Bonchev–Trinajstić information content (AvgIpc) is 2.24. The van der Waals surface area contributed by atoms with Crippen molar-refractivity contribution in [2.24, 2.45) is 17.6 Å². The maximum atomic E-state index is 6.26. The first kappa shape index (κ1) is 14.0. The van der Waals surface area contributed by atoms with Gasteiger partial charge in [-0.05, 0) is 51.1 Å². The van der Waals surface area contributed by atoms with Crippen LogP contribution in [0.4, 0.5) is 0 Å². The van der Waals surface area contributed by atoms with Gasteiger partial charge in [0, 0.05) is 12.6 Å². The van der Waals surface area contributed by atoms with Crippen LogP contribution < -0.4 is 5.73 Å². The van der Waals surface area contributed by atoms with E-state index in [0.717, 1.165) is 11.8 Å². The third kappa shape index (κ3) is 4.42. The van der Waals surface area contributed by atoms with Crippen molar-refractivity contribution in [3.05, 3.63) is 0 Å². The van der Waals surface area contributed by atoms with E-state index in [9.17, 15) is 0 Å². The van der Waals surface area contributed by atoms with E-state index in [4.69, 9.17) is 5.73 Å². The minimum Gasteiger partial charge on any atom is -0.327 e. The summed E-state index contributed by atoms with van der Waals surface area (Å²) in [6.45, 7) is 6.96. The molecule has 16 heavy (non-hydrogen) atoms. The van der Waals surface area contributed by atoms with Crippen molar-refractivity contribution < 1.29 is 0 Å². The van der Waals surface area contributed by atoms with Gasteiger partial charge in [-0.25, -0.2) is 0 Å². The molecule has 0 aromatic heterocycles. The summed E-state index contributed by atoms with van der Waals surface area (Å²) < 4.78 is 0. The van der Waals surface area contributed by atoms with Gasteiger partial charge in [0.2, 0.25) is 0 Å². The van der Waals surface area contributed by atoms with Crippen molar-refractivity contribution in [3.8, 4) is 0 Å². The second-order valence-corrected chi connectivity index (χ2v) is 5.65. The number of hydrogen-bond donors (Lipinski definition) is 1. The maximum absolute atomic E-state index is 6.26. The SMILES string of the molecule is CCCC1CCC(N)C(CN(C)CCC)C1. The van der Waals surface area contributed by atoms with Crippen LogP contribution in [0.15, 0.2) is 0 Å². The van der Waals surface area contributed by atoms with Crippen LogP contribution in [0, 0.1) is 11.8 Å². The predicted molar refractivity (Wildman–Crippen MR) is 71.5 cm³/mol. The Morgan fingerprint density at radius 2 is 1.94 bits per heavy atom. The van der Waals surface area contributed by atoms with Crippen LogP contribution >= 0.6 is 0 Å². The molecule has 3 unspecified atom stereocenters. The molecule has 3 atom stereocenters. The van der Waals surface area contributed by atoms with Crippen molar-refractivity contribution in [1.29, 1.82) is 0 Å². The molecule has 1 saturated carbocycles. The fourth-order valence-electron chi connectivity index (χ4n) is 3.14. The van der Waals surface area contributed by atoms with E-state index in [2.05, 4.69) is 25.8 Å². The molecule has 96 valence electrons. The van der Waals surface area contributed by atoms with Crippen LogP contribution in [0.1, 0.15) is 52.4 Å². The molecule has 1 fully saturated rings. The summed E-state index contributed by atoms with van der Waals surface area (Å²) in [5, 5.41) is 0. The number of nitrogens with zero attached hydrogens (tertiary/aromatic N) is 1. The van der Waals surface area contributed by atoms with Gasteiger partial charge in [0.05, 0.1) is 0 Å². The largest absolute Gasteiger partial charge is 0.327 e. The molecule has 0 aliphatic heterocycles. The second kappa shape index (κ2) is 7.29. The molecule has 2 N–H and O–H groups in total. The molecule has 0 aromatic rings. The molecule has 0 spiro atoms. The number of nitrogens with two attached hydrogens (primary N) is 1. The number of rotatable bonds is 6. The second-order valence-electron chi connectivity index (χ2n) is 5.65. The van der Waals surface area contributed by atoms with Crippen LogP contribution in [0.2, 0.25) is 0 Å². The molecule has 2 nitrogen and oxygen atoms in total. The molecule has 1 aliphatic carbocycles. The Balaban J connectivity index is 2.36. The molecular weight excluding hydrogens is 196 g/mol. The number of hydrogen-bond acceptors (Lipinski definition) is 2. The highest BCUT2D eigenvalue weighted by Gasteiger charge is 2.28. The van der Waals surface area contributed by atoms with E-state index in [1.165, 1.54) is 51.6 Å². The topological polar surface area (TPSA) is 29.3 Å². The van der Waals surface area contributed by atoms with Gasteiger partial charge in [-0.2, -0.15) is 0 Å². The monoisotopic (exact) mass is 226 g/mol. The molecule has 0 saturated heterocycles. The molecule has 2 heteroatoms. The van der Waals surface area contributed by atoms with E-state index in [-0.39, 0.29) is 0 Å². The Morgan fingerprint density at radius 1 is 1.19 bits per heavy atom. The zero-order chi connectivity index (χ0) is 12.0. The molecular formula is C14H30N2. The fraction of sp³-hybridized carbons (Fsp3) is 1.00. The van der Waals surface area contributed by atoms with Gasteiger partial charge in [0.1, 0.15) is 0 Å². The fourth-order valence-corrected chi connectivity index (χ4v) is 3.14. The van der Waals surface area contributed by atoms with Crippen molar-refractivity contribution in [3.63, 3.8) is 0 Å². The van der Waals surface area contributed by atoms with E-state index in [0.29, 0.717) is 6.04 Å². The van der Waals surface area contributed by atoms with E-state index in [1.807, 2.05) is 0 Å². The van der Waals surface area contributed by atoms with Gasteiger partial charge in [-0.15, -0.1) is 0 Å². The highest BCUT2D eigenvalue weighted by atomic mass is 15.1. The lowest BCUT2D eigenvalue weighted by molar-refractivity contribution is 0.169. The zero-order valence-corrected chi connectivity index (χ0v) is 11.4. The van der Waals surface area contributed by atoms with Gasteiger partial charge in [0.15, 0.2) is 0 Å². The minimum atomic E-state index is 0.451. The first-order valence-electron chi connectivity index (χ1n) is 7.11. The van der Waals surface area contributed by atoms with Crippen molar-refractivity contribution in [2.45, 2.75) is 58.4 Å². The summed E-state index contributed by atoms with van der Waals surface area (Å²) in [6.07, 6.45) is 7.95. The maximum Gasteiger partial charge on any atom is 0.00795 e. The van der Waals surface area contributed by atoms with Gasteiger partial charge < -0.3 is 10.6 Å². The zero-order valence-electron chi connectivity index (χ0n) is 11.4. The first-order valence-corrected chi connectivity index (χ1v) is 7.11. The van der Waals surface area contributed by atoms with Gasteiger partial charge >= 0.3 is 0 Å². The van der Waals surface area contributed by atoms with Gasteiger partial charge in [-0.3, -0.25) is 0 Å². The van der Waals surface area contributed by atoms with Crippen molar-refractivity contribution >= 4 is 0 Å². The lowest BCUT2D eigenvalue weighted by atomic mass is 9.76. The van der Waals surface area contributed by atoms with Crippen molar-refractivity contribution in [2.75, 3.05) is 20.1 Å². The lowest BCUT2D eigenvalue weighted by Gasteiger charge is -2.36. The molecule has 0 heterocycles. The molecule has 0 bridgehead atoms. The van der Waals surface area contributed by atoms with E-state index in [1.54, 1.807) is 0 Å². The Hall–Kier alpha value is -0.0800. The van der Waals surface area contributed by atoms with Crippen LogP contribution in [0.25, 0.3) is 0 Å². The highest BCUT2D eigenvalue weighted by Crippen LogP contribution is 2.31. The molecule has 0 aromatic carbocycles. The Labute approximate surface area is 102 Å². The van der Waals surface area contributed by atoms with Crippen LogP contribution in [0.5, 0.6) is 0 Å². The Morgan fingerprint density at radius 3 is 2.56 bits per heavy atom. The van der Waals surface area contributed by atoms with Crippen LogP contribution in [0.3, 0.4) is 0 Å². The molecule has 0 amide bonds. The summed E-state index contributed by atoms with van der Waals surface area (Å²) in [7, 11) is 2.24. The summed E-state index contributed by atoms with van der Waals surface area (Å²) >= 11 is 0. The standard InChI is InChI=1S/C14H30N2/c1-4-6-12-7-8-14(15)13(10-12)11-16(3)9-5-2/h12-14H,4-11,15H2,1-3H3. The third-order valence-corrected chi connectivity index (χ3v) is 4.00. The molecule has 0 radical (unpaired) electrons. The van der Waals surface area contributed by atoms with E-state index >= 15 is 0 Å². The van der Waals surface area contributed by atoms with E-state index < -0.39 is 0 Å². The summed E-state index contributed by atoms with van der Waals surface area (Å²) in [5.74, 6) is 1.69. The van der Waals surface area contributed by atoms with Crippen LogP contribution in [-0.4, -0.2) is 31.1 Å². The smallest absolute Gasteiger partial charge is 0.00795 e. The first-order chi connectivity index (χ1) is 7.67. The molecule has 1 aliphatic rings. The summed E-state index contributed by atoms with van der Waals surface area (Å²) in [6, 6.07) is 0.451. The Bertz CT molecular complexity index is 180. The Kier molecular flexibility index (Phi) is 6.37. The van der Waals surface area contributed by atoms with Crippen LogP contribution in [-0.2, 0) is 0 Å². The van der Waals surface area contributed by atoms with Crippen molar-refractivity contribution in [1.82, 2.24) is 4.90 Å². The minimum absolute atomic E-state index is 0.451. The summed E-state index contributed by atoms with van der Waals surface area (Å²) in [4.78, 5) is 2.46.